The number of methoxy groups -OCH3 is 2. The van der Waals surface area contributed by atoms with Crippen LogP contribution < -0.4 is 10.1 Å². The Kier molecular flexibility index (Phi) is 7.87. The van der Waals surface area contributed by atoms with Gasteiger partial charge in [-0.1, -0.05) is 29.5 Å². The molecule has 1 saturated heterocycles. The number of carbonyl (C=O) groups is 3. The summed E-state index contributed by atoms with van der Waals surface area (Å²) in [5, 5.41) is 10.8. The molecule has 0 spiro atoms. The first-order chi connectivity index (χ1) is 21.3. The highest BCUT2D eigenvalue weighted by atomic mass is 19.1. The van der Waals surface area contributed by atoms with E-state index in [0.717, 1.165) is 0 Å². The Balaban J connectivity index is 1.37. The van der Waals surface area contributed by atoms with E-state index in [0.29, 0.717) is 52.9 Å². The summed E-state index contributed by atoms with van der Waals surface area (Å²) in [7, 11) is 2.79. The van der Waals surface area contributed by atoms with Gasteiger partial charge >= 0.3 is 5.97 Å². The van der Waals surface area contributed by atoms with Gasteiger partial charge in [0.1, 0.15) is 11.4 Å². The number of fused-ring (bicyclic) bond motifs is 1. The summed E-state index contributed by atoms with van der Waals surface area (Å²) < 4.78 is 33.7. The molecular weight excluding hydrogens is 571 g/mol. The second kappa shape index (κ2) is 11.9. The van der Waals surface area contributed by atoms with E-state index in [2.05, 4.69) is 20.6 Å². The maximum absolute atomic E-state index is 16.4. The van der Waals surface area contributed by atoms with Gasteiger partial charge in [-0.3, -0.25) is 14.3 Å². The second-order valence-corrected chi connectivity index (χ2v) is 10.7. The Morgan fingerprint density at radius 2 is 1.95 bits per heavy atom. The quantitative estimate of drug-likeness (QED) is 0.279. The monoisotopic (exact) mass is 602 g/mol. The molecule has 2 aromatic carbocycles. The molecule has 4 aromatic rings. The molecule has 2 N–H and O–H groups in total. The summed E-state index contributed by atoms with van der Waals surface area (Å²) in [5.41, 5.74) is 1.15. The Labute approximate surface area is 251 Å². The minimum absolute atomic E-state index is 0.0289. The molecule has 2 amide bonds. The fourth-order valence-corrected chi connectivity index (χ4v) is 5.61. The van der Waals surface area contributed by atoms with Crippen LogP contribution in [0.1, 0.15) is 28.9 Å². The van der Waals surface area contributed by atoms with Crippen LogP contribution in [0.3, 0.4) is 0 Å². The Hall–Kier alpha value is -5.04. The van der Waals surface area contributed by atoms with Gasteiger partial charge in [-0.15, -0.1) is 5.10 Å². The van der Waals surface area contributed by atoms with Crippen LogP contribution in [0.5, 0.6) is 5.75 Å². The number of aryl methyl sites for hydroxylation is 1. The van der Waals surface area contributed by atoms with Crippen molar-refractivity contribution in [2.75, 3.05) is 40.5 Å². The lowest BCUT2D eigenvalue weighted by molar-refractivity contribution is -0.168. The Bertz CT molecular complexity index is 1760. The molecule has 0 radical (unpaired) electrons. The molecule has 2 aliphatic rings. The van der Waals surface area contributed by atoms with Crippen LogP contribution in [0, 0.1) is 5.82 Å². The maximum Gasteiger partial charge on any atom is 0.336 e. The lowest BCUT2D eigenvalue weighted by Gasteiger charge is -2.38. The second-order valence-electron chi connectivity index (χ2n) is 10.7. The molecule has 2 aliphatic heterocycles. The predicted molar refractivity (Wildman–Crippen MR) is 157 cm³/mol. The molecule has 0 aliphatic carbocycles. The van der Waals surface area contributed by atoms with Crippen molar-refractivity contribution in [3.8, 4) is 16.9 Å². The number of halogens is 1. The number of H-pyrrole nitrogens is 1. The van der Waals surface area contributed by atoms with Gasteiger partial charge in [0.25, 0.3) is 5.91 Å². The lowest BCUT2D eigenvalue weighted by atomic mass is 9.92. The standard InChI is InChI=1S/C31H31FN6O6/c1-42-25-8-4-3-7-20(25)22-14-21(19-6-5-11-37(16-19)26(39)9-12-38-13-10-33-36-38)27(32)28-23(22)15-24(34-28)29(40)35-31(17-44-18-31)30(41)43-2/h3-4,6-8,10,13-15,34H,5,9,11-12,16-18H2,1-2H3,(H,35,40). The summed E-state index contributed by atoms with van der Waals surface area (Å²) in [6.07, 6.45) is 5.97. The van der Waals surface area contributed by atoms with Gasteiger partial charge in [-0.25, -0.2) is 9.18 Å². The van der Waals surface area contributed by atoms with Crippen molar-refractivity contribution in [3.63, 3.8) is 0 Å². The number of hydrogen-bond donors (Lipinski definition) is 2. The number of aromatic nitrogens is 4. The number of rotatable bonds is 9. The molecule has 44 heavy (non-hydrogen) atoms. The van der Waals surface area contributed by atoms with Crippen molar-refractivity contribution in [2.45, 2.75) is 24.9 Å². The van der Waals surface area contributed by atoms with Crippen LogP contribution in [-0.2, 0) is 25.6 Å². The lowest BCUT2D eigenvalue weighted by Crippen LogP contribution is -2.67. The number of para-hydroxylation sites is 1. The number of carbonyl (C=O) groups excluding carboxylic acids is 3. The van der Waals surface area contributed by atoms with E-state index in [1.807, 2.05) is 24.3 Å². The molecule has 0 saturated carbocycles. The molecule has 0 bridgehead atoms. The van der Waals surface area contributed by atoms with Crippen molar-refractivity contribution in [1.82, 2.24) is 30.2 Å². The predicted octanol–water partition coefficient (Wildman–Crippen LogP) is 2.95. The van der Waals surface area contributed by atoms with Gasteiger partial charge in [0.15, 0.2) is 11.4 Å². The number of nitrogens with one attached hydrogen (secondary N) is 2. The van der Waals surface area contributed by atoms with E-state index < -0.39 is 23.2 Å². The third-order valence-electron chi connectivity index (χ3n) is 8.00. The van der Waals surface area contributed by atoms with Gasteiger partial charge < -0.3 is 29.4 Å². The molecule has 0 atom stereocenters. The molecule has 6 rings (SSSR count). The van der Waals surface area contributed by atoms with Crippen molar-refractivity contribution >= 4 is 34.3 Å². The van der Waals surface area contributed by atoms with E-state index in [1.54, 1.807) is 47.3 Å². The number of benzene rings is 2. The van der Waals surface area contributed by atoms with Gasteiger partial charge in [-0.05, 0) is 35.8 Å². The third-order valence-corrected chi connectivity index (χ3v) is 8.00. The number of esters is 1. The molecule has 2 aromatic heterocycles. The zero-order valence-corrected chi connectivity index (χ0v) is 24.3. The first-order valence-electron chi connectivity index (χ1n) is 14.1. The van der Waals surface area contributed by atoms with Crippen molar-refractivity contribution in [2.24, 2.45) is 0 Å². The molecule has 0 unspecified atom stereocenters. The van der Waals surface area contributed by atoms with Gasteiger partial charge in [0.2, 0.25) is 5.91 Å². The normalized spacial score (nSPS) is 15.8. The first-order valence-corrected chi connectivity index (χ1v) is 14.1. The van der Waals surface area contributed by atoms with Gasteiger partial charge in [-0.2, -0.15) is 0 Å². The van der Waals surface area contributed by atoms with Crippen LogP contribution in [0.25, 0.3) is 27.6 Å². The molecule has 228 valence electrons. The van der Waals surface area contributed by atoms with Crippen LogP contribution in [0.4, 0.5) is 4.39 Å². The summed E-state index contributed by atoms with van der Waals surface area (Å²) >= 11 is 0. The van der Waals surface area contributed by atoms with Crippen molar-refractivity contribution < 1.29 is 33.0 Å². The Morgan fingerprint density at radius 1 is 1.14 bits per heavy atom. The number of amides is 2. The smallest absolute Gasteiger partial charge is 0.336 e. The SMILES string of the molecule is COC(=O)C1(NC(=O)c2cc3c(-c4ccccc4OC)cc(C4=CCCN(C(=O)CCn5ccnn5)C4)c(F)c3[nH]2)COC1. The minimum Gasteiger partial charge on any atom is -0.496 e. The number of aromatic amines is 1. The van der Waals surface area contributed by atoms with Crippen LogP contribution in [0.2, 0.25) is 0 Å². The Morgan fingerprint density at radius 3 is 2.66 bits per heavy atom. The maximum atomic E-state index is 16.4. The zero-order valence-electron chi connectivity index (χ0n) is 24.3. The number of nitrogens with zero attached hydrogens (tertiary/aromatic N) is 4. The third kappa shape index (κ3) is 5.30. The first kappa shape index (κ1) is 29.1. The largest absolute Gasteiger partial charge is 0.496 e. The van der Waals surface area contributed by atoms with Crippen molar-refractivity contribution in [3.05, 3.63) is 71.9 Å². The molecule has 1 fully saturated rings. The van der Waals surface area contributed by atoms with Crippen LogP contribution in [0.15, 0.2) is 54.9 Å². The van der Waals surface area contributed by atoms with Gasteiger partial charge in [0, 0.05) is 42.2 Å². The topological polar surface area (TPSA) is 141 Å². The highest BCUT2D eigenvalue weighted by Gasteiger charge is 2.49. The highest BCUT2D eigenvalue weighted by Crippen LogP contribution is 2.40. The van der Waals surface area contributed by atoms with Crippen LogP contribution >= 0.6 is 0 Å². The van der Waals surface area contributed by atoms with Gasteiger partial charge in [0.05, 0.1) is 45.7 Å². The van der Waals surface area contributed by atoms with Crippen molar-refractivity contribution in [1.29, 1.82) is 0 Å². The average Bonchev–Trinajstić information content (AvgIpc) is 3.73. The minimum atomic E-state index is -1.31. The summed E-state index contributed by atoms with van der Waals surface area (Å²) in [4.78, 5) is 43.4. The molecule has 12 nitrogen and oxygen atoms in total. The highest BCUT2D eigenvalue weighted by molar-refractivity contribution is 6.06. The summed E-state index contributed by atoms with van der Waals surface area (Å²) in [5.74, 6) is -1.30. The van der Waals surface area contributed by atoms with E-state index in [1.165, 1.54) is 7.11 Å². The van der Waals surface area contributed by atoms with E-state index in [-0.39, 0.29) is 43.3 Å². The zero-order chi connectivity index (χ0) is 30.8. The van der Waals surface area contributed by atoms with Crippen LogP contribution in [-0.4, -0.2) is 88.7 Å². The van der Waals surface area contributed by atoms with E-state index in [9.17, 15) is 14.4 Å². The number of ether oxygens (including phenoxy) is 3. The van der Waals surface area contributed by atoms with E-state index in [4.69, 9.17) is 14.2 Å². The summed E-state index contributed by atoms with van der Waals surface area (Å²) in [6.45, 7) is 1.07. The number of hydrogen-bond acceptors (Lipinski definition) is 8. The average molecular weight is 603 g/mol. The summed E-state index contributed by atoms with van der Waals surface area (Å²) in [6, 6.07) is 10.6. The molecule has 4 heterocycles. The fraction of sp³-hybridized carbons (Fsp3) is 0.323. The molecule has 13 heteroatoms. The van der Waals surface area contributed by atoms with E-state index >= 15 is 4.39 Å². The molecular formula is C31H31FN6O6. The fourth-order valence-electron chi connectivity index (χ4n) is 5.61.